The van der Waals surface area contributed by atoms with Gasteiger partial charge in [-0.25, -0.2) is 4.79 Å². The van der Waals surface area contributed by atoms with Crippen molar-refractivity contribution in [3.05, 3.63) is 70.2 Å². The second-order valence-electron chi connectivity index (χ2n) is 7.12. The van der Waals surface area contributed by atoms with Crippen molar-refractivity contribution in [1.82, 2.24) is 5.16 Å². The quantitative estimate of drug-likeness (QED) is 0.297. The summed E-state index contributed by atoms with van der Waals surface area (Å²) in [5.74, 6) is 0.492. The van der Waals surface area contributed by atoms with Gasteiger partial charge in [0.2, 0.25) is 0 Å². The molecule has 0 saturated carbocycles. The maximum atomic E-state index is 10.9. The molecule has 32 heavy (non-hydrogen) atoms. The number of hydrogen-bond acceptors (Lipinski definition) is 5. The molecular formula is C24H19Cl2NO5. The van der Waals surface area contributed by atoms with Gasteiger partial charge in [0, 0.05) is 16.7 Å². The Balaban J connectivity index is 1.73. The Morgan fingerprint density at radius 1 is 1.09 bits per heavy atom. The summed E-state index contributed by atoms with van der Waals surface area (Å²) in [6.07, 6.45) is 1.72. The Kier molecular flexibility index (Phi) is 6.53. The fourth-order valence-corrected chi connectivity index (χ4v) is 3.78. The lowest BCUT2D eigenvalue weighted by atomic mass is 9.98. The average Bonchev–Trinajstić information content (AvgIpc) is 3.15. The standard InChI is InChI=1S/C24H19Cl2NO5/c1-2-4-14-9-17(31-16-6-3-5-15(25)10-16)7-8-18(14)24-19-11-22(30-13-23(28)29)20(26)12-21(19)32-27-24/h3,5-12H,2,4,13H2,1H3,(H,28,29). The van der Waals surface area contributed by atoms with Crippen molar-refractivity contribution in [1.29, 1.82) is 0 Å². The minimum absolute atomic E-state index is 0.250. The summed E-state index contributed by atoms with van der Waals surface area (Å²) >= 11 is 12.3. The lowest BCUT2D eigenvalue weighted by Crippen LogP contribution is -2.09. The van der Waals surface area contributed by atoms with E-state index in [0.29, 0.717) is 33.2 Å². The van der Waals surface area contributed by atoms with Crippen LogP contribution in [0.1, 0.15) is 18.9 Å². The zero-order valence-electron chi connectivity index (χ0n) is 17.1. The molecule has 0 aliphatic heterocycles. The van der Waals surface area contributed by atoms with Crippen LogP contribution in [0.15, 0.2) is 59.1 Å². The lowest BCUT2D eigenvalue weighted by Gasteiger charge is -2.12. The summed E-state index contributed by atoms with van der Waals surface area (Å²) in [6.45, 7) is 1.59. The number of benzene rings is 3. The largest absolute Gasteiger partial charge is 0.480 e. The van der Waals surface area contributed by atoms with Crippen molar-refractivity contribution >= 4 is 40.1 Å². The highest BCUT2D eigenvalue weighted by atomic mass is 35.5. The van der Waals surface area contributed by atoms with Gasteiger partial charge in [-0.1, -0.05) is 47.8 Å². The summed E-state index contributed by atoms with van der Waals surface area (Å²) in [6, 6.07) is 16.2. The van der Waals surface area contributed by atoms with Gasteiger partial charge >= 0.3 is 5.97 Å². The van der Waals surface area contributed by atoms with Crippen molar-refractivity contribution in [3.63, 3.8) is 0 Å². The number of aromatic nitrogens is 1. The van der Waals surface area contributed by atoms with Crippen molar-refractivity contribution in [2.75, 3.05) is 6.61 Å². The van der Waals surface area contributed by atoms with E-state index in [1.807, 2.05) is 30.3 Å². The first kappa shape index (κ1) is 22.0. The first-order chi connectivity index (χ1) is 15.4. The molecule has 0 aliphatic carbocycles. The number of carboxylic acids is 1. The maximum absolute atomic E-state index is 10.9. The van der Waals surface area contributed by atoms with Crippen LogP contribution < -0.4 is 9.47 Å². The summed E-state index contributed by atoms with van der Waals surface area (Å²) in [5.41, 5.74) is 3.02. The number of nitrogens with zero attached hydrogens (tertiary/aromatic N) is 1. The van der Waals surface area contributed by atoms with Crippen molar-refractivity contribution in [2.45, 2.75) is 19.8 Å². The Morgan fingerprint density at radius 3 is 2.66 bits per heavy atom. The zero-order valence-corrected chi connectivity index (χ0v) is 18.6. The van der Waals surface area contributed by atoms with Crippen LogP contribution >= 0.6 is 23.2 Å². The second kappa shape index (κ2) is 9.51. The van der Waals surface area contributed by atoms with Crippen LogP contribution in [0.5, 0.6) is 17.2 Å². The third-order valence-electron chi connectivity index (χ3n) is 4.76. The van der Waals surface area contributed by atoms with Crippen LogP contribution in [0.3, 0.4) is 0 Å². The Labute approximate surface area is 194 Å². The van der Waals surface area contributed by atoms with E-state index in [1.54, 1.807) is 24.3 Å². The lowest BCUT2D eigenvalue weighted by molar-refractivity contribution is -0.139. The van der Waals surface area contributed by atoms with Crippen molar-refractivity contribution in [3.8, 4) is 28.5 Å². The van der Waals surface area contributed by atoms with E-state index in [2.05, 4.69) is 12.1 Å². The van der Waals surface area contributed by atoms with Crippen LogP contribution in [-0.2, 0) is 11.2 Å². The Bertz CT molecular complexity index is 1280. The van der Waals surface area contributed by atoms with Gasteiger partial charge in [-0.05, 0) is 54.4 Å². The second-order valence-corrected chi connectivity index (χ2v) is 7.96. The van der Waals surface area contributed by atoms with E-state index >= 15 is 0 Å². The molecule has 164 valence electrons. The Morgan fingerprint density at radius 2 is 1.91 bits per heavy atom. The van der Waals surface area contributed by atoms with Gasteiger partial charge in [0.05, 0.1) is 10.4 Å². The number of carboxylic acid groups (broad SMARTS) is 1. The minimum atomic E-state index is -1.09. The normalized spacial score (nSPS) is 11.0. The average molecular weight is 472 g/mol. The number of ether oxygens (including phenoxy) is 2. The van der Waals surface area contributed by atoms with E-state index in [0.717, 1.165) is 24.0 Å². The number of halogens is 2. The number of fused-ring (bicyclic) bond motifs is 1. The van der Waals surface area contributed by atoms with E-state index in [9.17, 15) is 4.79 Å². The van der Waals surface area contributed by atoms with Gasteiger partial charge in [-0.15, -0.1) is 0 Å². The van der Waals surface area contributed by atoms with Crippen molar-refractivity contribution in [2.24, 2.45) is 0 Å². The molecule has 0 spiro atoms. The van der Waals surface area contributed by atoms with Gasteiger partial charge in [-0.3, -0.25) is 0 Å². The van der Waals surface area contributed by atoms with Gasteiger partial charge in [0.15, 0.2) is 12.2 Å². The highest BCUT2D eigenvalue weighted by Gasteiger charge is 2.18. The van der Waals surface area contributed by atoms with Crippen LogP contribution in [0, 0.1) is 0 Å². The number of aliphatic carboxylic acids is 1. The number of rotatable bonds is 8. The van der Waals surface area contributed by atoms with E-state index in [-0.39, 0.29) is 10.8 Å². The predicted octanol–water partition coefficient (Wildman–Crippen LogP) is 7.01. The van der Waals surface area contributed by atoms with Crippen LogP contribution in [0.25, 0.3) is 22.2 Å². The summed E-state index contributed by atoms with van der Waals surface area (Å²) in [5, 5.41) is 14.7. The van der Waals surface area contributed by atoms with E-state index < -0.39 is 12.6 Å². The molecule has 0 fully saturated rings. The topological polar surface area (TPSA) is 81.8 Å². The molecule has 4 aromatic rings. The van der Waals surface area contributed by atoms with Gasteiger partial charge < -0.3 is 19.1 Å². The smallest absolute Gasteiger partial charge is 0.341 e. The molecule has 3 aromatic carbocycles. The van der Waals surface area contributed by atoms with Gasteiger partial charge in [0.25, 0.3) is 0 Å². The predicted molar refractivity (Wildman–Crippen MR) is 123 cm³/mol. The van der Waals surface area contributed by atoms with Crippen molar-refractivity contribution < 1.29 is 23.9 Å². The molecule has 4 rings (SSSR count). The molecule has 0 aliphatic rings. The molecule has 0 bridgehead atoms. The van der Waals surface area contributed by atoms with Gasteiger partial charge in [0.1, 0.15) is 22.9 Å². The van der Waals surface area contributed by atoms with Crippen LogP contribution in [0.4, 0.5) is 0 Å². The molecule has 0 amide bonds. The molecule has 0 atom stereocenters. The molecule has 8 heteroatoms. The summed E-state index contributed by atoms with van der Waals surface area (Å²) < 4.78 is 16.8. The fourth-order valence-electron chi connectivity index (χ4n) is 3.39. The Hall–Kier alpha value is -3.22. The molecule has 1 N–H and O–H groups in total. The molecule has 0 radical (unpaired) electrons. The zero-order chi connectivity index (χ0) is 22.7. The monoisotopic (exact) mass is 471 g/mol. The highest BCUT2D eigenvalue weighted by molar-refractivity contribution is 6.33. The van der Waals surface area contributed by atoms with E-state index in [1.165, 1.54) is 0 Å². The van der Waals surface area contributed by atoms with E-state index in [4.69, 9.17) is 42.3 Å². The molecule has 1 aromatic heterocycles. The third-order valence-corrected chi connectivity index (χ3v) is 5.29. The van der Waals surface area contributed by atoms with Gasteiger partial charge in [-0.2, -0.15) is 0 Å². The third kappa shape index (κ3) is 4.82. The highest BCUT2D eigenvalue weighted by Crippen LogP contribution is 2.38. The molecule has 0 saturated heterocycles. The van der Waals surface area contributed by atoms with Crippen LogP contribution in [-0.4, -0.2) is 22.8 Å². The number of carbonyl (C=O) groups is 1. The minimum Gasteiger partial charge on any atom is -0.480 e. The summed E-state index contributed by atoms with van der Waals surface area (Å²) in [7, 11) is 0. The first-order valence-corrected chi connectivity index (χ1v) is 10.7. The molecule has 0 unspecified atom stereocenters. The maximum Gasteiger partial charge on any atom is 0.341 e. The summed E-state index contributed by atoms with van der Waals surface area (Å²) in [4.78, 5) is 10.9. The SMILES string of the molecule is CCCc1cc(Oc2cccc(Cl)c2)ccc1-c1noc2cc(Cl)c(OCC(=O)O)cc12. The molecule has 1 heterocycles. The van der Waals surface area contributed by atoms with Crippen LogP contribution in [0.2, 0.25) is 10.0 Å². The number of aryl methyl sites for hydroxylation is 1. The fraction of sp³-hybridized carbons (Fsp3) is 0.167. The molecule has 6 nitrogen and oxygen atoms in total. The first-order valence-electron chi connectivity index (χ1n) is 9.95. The number of hydrogen-bond donors (Lipinski definition) is 1. The molecular weight excluding hydrogens is 453 g/mol.